The summed E-state index contributed by atoms with van der Waals surface area (Å²) in [5.41, 5.74) is 0.395. The molecule has 0 aromatic heterocycles. The van der Waals surface area contributed by atoms with Gasteiger partial charge in [0.1, 0.15) is 11.6 Å². The highest BCUT2D eigenvalue weighted by Gasteiger charge is 2.14. The second-order valence-corrected chi connectivity index (χ2v) is 5.43. The van der Waals surface area contributed by atoms with E-state index >= 15 is 0 Å². The van der Waals surface area contributed by atoms with E-state index in [-0.39, 0.29) is 11.9 Å². The molecule has 1 rings (SSSR count). The van der Waals surface area contributed by atoms with Crippen molar-refractivity contribution in [3.63, 3.8) is 0 Å². The van der Waals surface area contributed by atoms with Gasteiger partial charge in [-0.05, 0) is 50.8 Å². The Bertz CT molecular complexity index is 377. The molecule has 1 N–H and O–H groups in total. The Balaban J connectivity index is 2.58. The summed E-state index contributed by atoms with van der Waals surface area (Å²) >= 11 is 0. The summed E-state index contributed by atoms with van der Waals surface area (Å²) in [6.07, 6.45) is 2.17. The van der Waals surface area contributed by atoms with E-state index in [1.54, 1.807) is 0 Å². The fraction of sp³-hybridized carbons (Fsp3) is 0.600. The van der Waals surface area contributed by atoms with E-state index in [0.29, 0.717) is 17.5 Å². The molecule has 0 fully saturated rings. The van der Waals surface area contributed by atoms with Gasteiger partial charge in [-0.3, -0.25) is 0 Å². The molecule has 0 radical (unpaired) electrons. The van der Waals surface area contributed by atoms with Crippen LogP contribution >= 0.6 is 0 Å². The van der Waals surface area contributed by atoms with Crippen molar-refractivity contribution in [2.75, 3.05) is 0 Å². The van der Waals surface area contributed by atoms with Crippen LogP contribution in [0, 0.1) is 17.6 Å². The molecule has 0 saturated heterocycles. The van der Waals surface area contributed by atoms with Crippen LogP contribution in [0.3, 0.4) is 0 Å². The second kappa shape index (κ2) is 6.83. The summed E-state index contributed by atoms with van der Waals surface area (Å²) in [6, 6.07) is 3.71. The number of nitrogens with one attached hydrogen (secondary N) is 1. The quantitative estimate of drug-likeness (QED) is 0.792. The summed E-state index contributed by atoms with van der Waals surface area (Å²) in [4.78, 5) is 0. The lowest BCUT2D eigenvalue weighted by Crippen LogP contribution is -2.29. The maximum atomic E-state index is 13.6. The van der Waals surface area contributed by atoms with Gasteiger partial charge in [0.05, 0.1) is 0 Å². The van der Waals surface area contributed by atoms with Crippen molar-refractivity contribution >= 4 is 0 Å². The minimum atomic E-state index is -0.394. The Hall–Kier alpha value is -0.960. The molecule has 0 bridgehead atoms. The topological polar surface area (TPSA) is 12.0 Å². The van der Waals surface area contributed by atoms with E-state index in [2.05, 4.69) is 26.1 Å². The number of hydrogen-bond donors (Lipinski definition) is 1. The highest BCUT2D eigenvalue weighted by molar-refractivity contribution is 5.21. The van der Waals surface area contributed by atoms with E-state index in [1.165, 1.54) is 12.1 Å². The van der Waals surface area contributed by atoms with Crippen LogP contribution in [-0.2, 0) is 0 Å². The van der Waals surface area contributed by atoms with Crippen molar-refractivity contribution < 1.29 is 8.78 Å². The maximum Gasteiger partial charge on any atom is 0.128 e. The molecule has 102 valence electrons. The van der Waals surface area contributed by atoms with E-state index in [1.807, 2.05) is 6.92 Å². The molecule has 0 aliphatic carbocycles. The van der Waals surface area contributed by atoms with E-state index in [0.717, 1.165) is 18.9 Å². The van der Waals surface area contributed by atoms with Crippen LogP contribution in [0.15, 0.2) is 18.2 Å². The summed E-state index contributed by atoms with van der Waals surface area (Å²) in [6.45, 7) is 8.31. The van der Waals surface area contributed by atoms with Crippen molar-refractivity contribution in [2.24, 2.45) is 5.92 Å². The standard InChI is InChI=1S/C15H23F2N/c1-10(2)5-6-11(3)18-12(4)14-9-13(16)7-8-15(14)17/h7-12,18H,5-6H2,1-4H3. The van der Waals surface area contributed by atoms with Gasteiger partial charge in [0.25, 0.3) is 0 Å². The molecule has 0 aliphatic rings. The van der Waals surface area contributed by atoms with Crippen LogP contribution in [-0.4, -0.2) is 6.04 Å². The highest BCUT2D eigenvalue weighted by Crippen LogP contribution is 2.19. The Morgan fingerprint density at radius 1 is 1.06 bits per heavy atom. The average molecular weight is 255 g/mol. The van der Waals surface area contributed by atoms with Crippen molar-refractivity contribution in [3.05, 3.63) is 35.4 Å². The van der Waals surface area contributed by atoms with Crippen molar-refractivity contribution in [1.29, 1.82) is 0 Å². The monoisotopic (exact) mass is 255 g/mol. The van der Waals surface area contributed by atoms with E-state index in [9.17, 15) is 8.78 Å². The first-order valence-corrected chi connectivity index (χ1v) is 6.61. The van der Waals surface area contributed by atoms with Gasteiger partial charge in [-0.15, -0.1) is 0 Å². The fourth-order valence-corrected chi connectivity index (χ4v) is 2.03. The first kappa shape index (κ1) is 15.1. The largest absolute Gasteiger partial charge is 0.308 e. The van der Waals surface area contributed by atoms with Gasteiger partial charge in [0, 0.05) is 17.6 Å². The van der Waals surface area contributed by atoms with E-state index in [4.69, 9.17) is 0 Å². The Morgan fingerprint density at radius 3 is 2.33 bits per heavy atom. The van der Waals surface area contributed by atoms with Crippen LogP contribution in [0.5, 0.6) is 0 Å². The molecule has 0 heterocycles. The Morgan fingerprint density at radius 2 is 1.72 bits per heavy atom. The van der Waals surface area contributed by atoms with Gasteiger partial charge in [0.15, 0.2) is 0 Å². The minimum Gasteiger partial charge on any atom is -0.308 e. The van der Waals surface area contributed by atoms with Crippen molar-refractivity contribution in [1.82, 2.24) is 5.32 Å². The molecule has 0 amide bonds. The third kappa shape index (κ3) is 4.73. The molecule has 18 heavy (non-hydrogen) atoms. The van der Waals surface area contributed by atoms with Gasteiger partial charge in [-0.2, -0.15) is 0 Å². The van der Waals surface area contributed by atoms with Gasteiger partial charge in [-0.1, -0.05) is 13.8 Å². The summed E-state index contributed by atoms with van der Waals surface area (Å²) in [5, 5.41) is 3.31. The summed E-state index contributed by atoms with van der Waals surface area (Å²) in [7, 11) is 0. The fourth-order valence-electron chi connectivity index (χ4n) is 2.03. The second-order valence-electron chi connectivity index (χ2n) is 5.43. The van der Waals surface area contributed by atoms with Crippen LogP contribution in [0.2, 0.25) is 0 Å². The van der Waals surface area contributed by atoms with E-state index < -0.39 is 5.82 Å². The molecular formula is C15H23F2N. The zero-order valence-corrected chi connectivity index (χ0v) is 11.6. The smallest absolute Gasteiger partial charge is 0.128 e. The molecule has 2 unspecified atom stereocenters. The molecule has 0 saturated carbocycles. The van der Waals surface area contributed by atoms with Crippen LogP contribution in [0.1, 0.15) is 52.1 Å². The van der Waals surface area contributed by atoms with Crippen LogP contribution in [0.25, 0.3) is 0 Å². The number of rotatable bonds is 6. The predicted molar refractivity (Wildman–Crippen MR) is 71.4 cm³/mol. The molecule has 1 aromatic rings. The molecule has 0 spiro atoms. The summed E-state index contributed by atoms with van der Waals surface area (Å²) in [5.74, 6) is -0.0854. The molecular weight excluding hydrogens is 232 g/mol. The average Bonchev–Trinajstić information content (AvgIpc) is 2.29. The molecule has 2 atom stereocenters. The van der Waals surface area contributed by atoms with Gasteiger partial charge in [-0.25, -0.2) is 8.78 Å². The molecule has 1 nitrogen and oxygen atoms in total. The third-order valence-electron chi connectivity index (χ3n) is 3.14. The lowest BCUT2D eigenvalue weighted by molar-refractivity contribution is 0.409. The lowest BCUT2D eigenvalue weighted by Gasteiger charge is -2.21. The van der Waals surface area contributed by atoms with Crippen molar-refractivity contribution in [3.8, 4) is 0 Å². The van der Waals surface area contributed by atoms with Gasteiger partial charge >= 0.3 is 0 Å². The maximum absolute atomic E-state index is 13.6. The van der Waals surface area contributed by atoms with Gasteiger partial charge in [0.2, 0.25) is 0 Å². The Labute approximate surface area is 109 Å². The predicted octanol–water partition coefficient (Wildman–Crippen LogP) is 4.44. The first-order valence-electron chi connectivity index (χ1n) is 6.61. The lowest BCUT2D eigenvalue weighted by atomic mass is 10.0. The molecule has 0 aliphatic heterocycles. The number of benzene rings is 1. The van der Waals surface area contributed by atoms with Crippen molar-refractivity contribution in [2.45, 2.75) is 52.6 Å². The summed E-state index contributed by atoms with van der Waals surface area (Å²) < 4.78 is 26.7. The van der Waals surface area contributed by atoms with Crippen LogP contribution in [0.4, 0.5) is 8.78 Å². The molecule has 3 heteroatoms. The number of halogens is 2. The highest BCUT2D eigenvalue weighted by atomic mass is 19.1. The SMILES string of the molecule is CC(C)CCC(C)NC(C)c1cc(F)ccc1F. The normalized spacial score (nSPS) is 14.8. The van der Waals surface area contributed by atoms with Crippen LogP contribution < -0.4 is 5.32 Å². The van der Waals surface area contributed by atoms with Gasteiger partial charge < -0.3 is 5.32 Å². The first-order chi connectivity index (χ1) is 8.40. The zero-order chi connectivity index (χ0) is 13.7. The Kier molecular flexibility index (Phi) is 5.73. The zero-order valence-electron chi connectivity index (χ0n) is 11.6. The minimum absolute atomic E-state index is 0.178. The number of hydrogen-bond acceptors (Lipinski definition) is 1. The molecule has 1 aromatic carbocycles. The third-order valence-corrected chi connectivity index (χ3v) is 3.14.